The number of rotatable bonds is 7. The summed E-state index contributed by atoms with van der Waals surface area (Å²) in [5.74, 6) is 0.900. The zero-order chi connectivity index (χ0) is 17.5. The molecule has 1 unspecified atom stereocenters. The van der Waals surface area contributed by atoms with Gasteiger partial charge in [0.25, 0.3) is 5.91 Å². The number of hydrogen-bond acceptors (Lipinski definition) is 3. The van der Waals surface area contributed by atoms with Gasteiger partial charge in [-0.3, -0.25) is 4.79 Å². The number of hydrogen-bond donors (Lipinski definition) is 1. The average molecular weight is 368 g/mol. The predicted octanol–water partition coefficient (Wildman–Crippen LogP) is 5.19. The monoisotopic (exact) mass is 367 g/mol. The van der Waals surface area contributed by atoms with Crippen molar-refractivity contribution in [3.05, 3.63) is 52.5 Å². The Labute approximate surface area is 151 Å². The van der Waals surface area contributed by atoms with Gasteiger partial charge in [0.15, 0.2) is 6.61 Å². The van der Waals surface area contributed by atoms with E-state index in [0.717, 1.165) is 12.2 Å². The number of carbonyl (C=O) groups excluding carboxylic acids is 1. The third-order valence-electron chi connectivity index (χ3n) is 3.30. The van der Waals surface area contributed by atoms with Crippen molar-refractivity contribution in [3.8, 4) is 11.5 Å². The highest BCUT2D eigenvalue weighted by Crippen LogP contribution is 2.27. The van der Waals surface area contributed by atoms with Crippen molar-refractivity contribution < 1.29 is 14.3 Å². The Morgan fingerprint density at radius 2 is 1.88 bits per heavy atom. The van der Waals surface area contributed by atoms with Crippen LogP contribution in [-0.2, 0) is 4.79 Å². The molecular formula is C18H19Cl2NO3. The van der Waals surface area contributed by atoms with Gasteiger partial charge in [0.2, 0.25) is 0 Å². The minimum absolute atomic E-state index is 0.146. The van der Waals surface area contributed by atoms with Crippen LogP contribution in [0, 0.1) is 0 Å². The van der Waals surface area contributed by atoms with E-state index in [0.29, 0.717) is 21.5 Å². The summed E-state index contributed by atoms with van der Waals surface area (Å²) < 4.78 is 11.1. The topological polar surface area (TPSA) is 47.6 Å². The van der Waals surface area contributed by atoms with Gasteiger partial charge in [-0.25, -0.2) is 0 Å². The molecule has 1 N–H and O–H groups in total. The maximum atomic E-state index is 11.9. The number of nitrogens with one attached hydrogen (secondary N) is 1. The first-order valence-corrected chi connectivity index (χ1v) is 8.38. The normalized spacial score (nSPS) is 11.7. The predicted molar refractivity (Wildman–Crippen MR) is 97.4 cm³/mol. The van der Waals surface area contributed by atoms with Crippen LogP contribution < -0.4 is 14.8 Å². The molecule has 1 amide bonds. The van der Waals surface area contributed by atoms with Crippen molar-refractivity contribution in [1.29, 1.82) is 0 Å². The summed E-state index contributed by atoms with van der Waals surface area (Å²) in [7, 11) is 0. The van der Waals surface area contributed by atoms with Crippen molar-refractivity contribution in [2.24, 2.45) is 0 Å². The minimum Gasteiger partial charge on any atom is -0.491 e. The van der Waals surface area contributed by atoms with Gasteiger partial charge in [0, 0.05) is 10.7 Å². The van der Waals surface area contributed by atoms with Gasteiger partial charge in [0.1, 0.15) is 11.5 Å². The molecule has 2 rings (SSSR count). The van der Waals surface area contributed by atoms with Crippen molar-refractivity contribution >= 4 is 34.8 Å². The van der Waals surface area contributed by atoms with Crippen LogP contribution in [0.1, 0.15) is 20.3 Å². The van der Waals surface area contributed by atoms with Crippen molar-refractivity contribution in [1.82, 2.24) is 0 Å². The second kappa shape index (κ2) is 8.81. The molecule has 2 aromatic rings. The van der Waals surface area contributed by atoms with E-state index in [-0.39, 0.29) is 18.6 Å². The van der Waals surface area contributed by atoms with Crippen molar-refractivity contribution in [2.45, 2.75) is 26.4 Å². The Balaban J connectivity index is 1.85. The molecule has 0 heterocycles. The molecule has 0 aliphatic rings. The summed E-state index contributed by atoms with van der Waals surface area (Å²) in [6.45, 7) is 3.92. The van der Waals surface area contributed by atoms with Gasteiger partial charge in [-0.05, 0) is 55.8 Å². The molecule has 0 fully saturated rings. The summed E-state index contributed by atoms with van der Waals surface area (Å²) in [6.07, 6.45) is 1.09. The van der Waals surface area contributed by atoms with E-state index < -0.39 is 0 Å². The molecule has 0 aromatic heterocycles. The third kappa shape index (κ3) is 5.62. The van der Waals surface area contributed by atoms with Crippen LogP contribution in [0.4, 0.5) is 5.69 Å². The van der Waals surface area contributed by atoms with Gasteiger partial charge in [-0.15, -0.1) is 0 Å². The molecule has 0 spiro atoms. The Kier molecular flexibility index (Phi) is 6.76. The Morgan fingerprint density at radius 1 is 1.17 bits per heavy atom. The van der Waals surface area contributed by atoms with E-state index in [1.54, 1.807) is 30.3 Å². The smallest absolute Gasteiger partial charge is 0.262 e. The molecule has 24 heavy (non-hydrogen) atoms. The maximum Gasteiger partial charge on any atom is 0.262 e. The summed E-state index contributed by atoms with van der Waals surface area (Å²) in [5.41, 5.74) is 0.669. The number of benzene rings is 2. The number of ether oxygens (including phenoxy) is 2. The summed E-state index contributed by atoms with van der Waals surface area (Å²) in [4.78, 5) is 11.9. The SMILES string of the molecule is CCC(C)Oc1ccc(NC(=O)COc2ccc(Cl)cc2Cl)cc1. The largest absolute Gasteiger partial charge is 0.491 e. The zero-order valence-corrected chi connectivity index (χ0v) is 15.0. The minimum atomic E-state index is -0.281. The Morgan fingerprint density at radius 3 is 2.50 bits per heavy atom. The summed E-state index contributed by atoms with van der Waals surface area (Å²) in [6, 6.07) is 12.0. The second-order valence-electron chi connectivity index (χ2n) is 5.27. The van der Waals surface area contributed by atoms with Gasteiger partial charge in [-0.1, -0.05) is 30.1 Å². The molecular weight excluding hydrogens is 349 g/mol. The molecule has 0 aliphatic carbocycles. The first kappa shape index (κ1) is 18.4. The van der Waals surface area contributed by atoms with Crippen LogP contribution in [0.3, 0.4) is 0 Å². The molecule has 0 bridgehead atoms. The van der Waals surface area contributed by atoms with E-state index >= 15 is 0 Å². The molecule has 6 heteroatoms. The number of amides is 1. The number of anilines is 1. The van der Waals surface area contributed by atoms with Crippen molar-refractivity contribution in [2.75, 3.05) is 11.9 Å². The lowest BCUT2D eigenvalue weighted by Crippen LogP contribution is -2.20. The molecule has 0 aliphatic heterocycles. The molecule has 0 saturated heterocycles. The molecule has 0 radical (unpaired) electrons. The summed E-state index contributed by atoms with van der Waals surface area (Å²) >= 11 is 11.8. The Hall–Kier alpha value is -1.91. The molecule has 1 atom stereocenters. The second-order valence-corrected chi connectivity index (χ2v) is 6.12. The maximum absolute atomic E-state index is 11.9. The van der Waals surface area contributed by atoms with Gasteiger partial charge in [-0.2, -0.15) is 0 Å². The van der Waals surface area contributed by atoms with Crippen LogP contribution in [-0.4, -0.2) is 18.6 Å². The highest BCUT2D eigenvalue weighted by molar-refractivity contribution is 6.35. The third-order valence-corrected chi connectivity index (χ3v) is 3.83. The number of halogens is 2. The van der Waals surface area contributed by atoms with E-state index in [9.17, 15) is 4.79 Å². The first-order valence-electron chi connectivity index (χ1n) is 7.62. The van der Waals surface area contributed by atoms with Gasteiger partial charge >= 0.3 is 0 Å². The fraction of sp³-hybridized carbons (Fsp3) is 0.278. The van der Waals surface area contributed by atoms with Crippen molar-refractivity contribution in [3.63, 3.8) is 0 Å². The fourth-order valence-corrected chi connectivity index (χ4v) is 2.33. The standard InChI is InChI=1S/C18H19Cl2NO3/c1-3-12(2)24-15-7-5-14(6-8-15)21-18(22)11-23-17-9-4-13(19)10-16(17)20/h4-10,12H,3,11H2,1-2H3,(H,21,22). The lowest BCUT2D eigenvalue weighted by molar-refractivity contribution is -0.118. The first-order chi connectivity index (χ1) is 11.5. The molecule has 0 saturated carbocycles. The fourth-order valence-electron chi connectivity index (χ4n) is 1.87. The quantitative estimate of drug-likeness (QED) is 0.732. The van der Waals surface area contributed by atoms with E-state index in [2.05, 4.69) is 12.2 Å². The average Bonchev–Trinajstić information content (AvgIpc) is 2.55. The van der Waals surface area contributed by atoms with Crippen LogP contribution >= 0.6 is 23.2 Å². The van der Waals surface area contributed by atoms with E-state index in [1.807, 2.05) is 19.1 Å². The van der Waals surface area contributed by atoms with E-state index in [1.165, 1.54) is 0 Å². The van der Waals surface area contributed by atoms with Crippen LogP contribution in [0.5, 0.6) is 11.5 Å². The van der Waals surface area contributed by atoms with E-state index in [4.69, 9.17) is 32.7 Å². The van der Waals surface area contributed by atoms with Crippen LogP contribution in [0.15, 0.2) is 42.5 Å². The summed E-state index contributed by atoms with van der Waals surface area (Å²) in [5, 5.41) is 3.62. The highest BCUT2D eigenvalue weighted by atomic mass is 35.5. The van der Waals surface area contributed by atoms with Gasteiger partial charge < -0.3 is 14.8 Å². The highest BCUT2D eigenvalue weighted by Gasteiger charge is 2.07. The number of carbonyl (C=O) groups is 1. The van der Waals surface area contributed by atoms with Gasteiger partial charge in [0.05, 0.1) is 11.1 Å². The Bertz CT molecular complexity index is 689. The molecule has 2 aromatic carbocycles. The molecule has 4 nitrogen and oxygen atoms in total. The zero-order valence-electron chi connectivity index (χ0n) is 13.5. The van der Waals surface area contributed by atoms with Crippen LogP contribution in [0.2, 0.25) is 10.0 Å². The lowest BCUT2D eigenvalue weighted by Gasteiger charge is -2.13. The lowest BCUT2D eigenvalue weighted by atomic mass is 10.3. The van der Waals surface area contributed by atoms with Crippen LogP contribution in [0.25, 0.3) is 0 Å². The molecule has 128 valence electrons.